The number of hydrogen-bond donors (Lipinski definition) is 1. The summed E-state index contributed by atoms with van der Waals surface area (Å²) in [7, 11) is 0. The molecule has 0 amide bonds. The van der Waals surface area contributed by atoms with Crippen molar-refractivity contribution in [3.05, 3.63) is 23.8 Å². The summed E-state index contributed by atoms with van der Waals surface area (Å²) in [5, 5.41) is 9.10. The highest BCUT2D eigenvalue weighted by Crippen LogP contribution is 2.32. The Morgan fingerprint density at radius 2 is 2.14 bits per heavy atom. The summed E-state index contributed by atoms with van der Waals surface area (Å²) in [5.74, 6) is 0.868. The van der Waals surface area contributed by atoms with Crippen LogP contribution in [0.3, 0.4) is 0 Å². The minimum absolute atomic E-state index is 0.182. The molecule has 0 fully saturated rings. The van der Waals surface area contributed by atoms with Gasteiger partial charge in [-0.05, 0) is 25.1 Å². The molecule has 1 heterocycles. The second-order valence-electron chi connectivity index (χ2n) is 3.11. The smallest absolute Gasteiger partial charge is 0.231 e. The number of fused-ring (bicyclic) bond motifs is 1. The van der Waals surface area contributed by atoms with Crippen molar-refractivity contribution in [1.82, 2.24) is 0 Å². The average Bonchev–Trinajstić information content (AvgIpc) is 2.62. The summed E-state index contributed by atoms with van der Waals surface area (Å²) in [6, 6.07) is 4.86. The zero-order valence-corrected chi connectivity index (χ0v) is 7.69. The van der Waals surface area contributed by atoms with Crippen LogP contribution in [0, 0.1) is 0 Å². The fraction of sp³-hybridized carbons (Fsp3) is 0.300. The van der Waals surface area contributed by atoms with Crippen LogP contribution in [0.1, 0.15) is 17.3 Å². The van der Waals surface area contributed by atoms with Crippen LogP contribution < -0.4 is 9.47 Å². The van der Waals surface area contributed by atoms with Crippen LogP contribution in [0.5, 0.6) is 11.5 Å². The molecule has 0 aromatic heterocycles. The molecule has 0 bridgehead atoms. The summed E-state index contributed by atoms with van der Waals surface area (Å²) in [4.78, 5) is 11.4. The lowest BCUT2D eigenvalue weighted by Crippen LogP contribution is -2.15. The molecule has 1 aliphatic rings. The van der Waals surface area contributed by atoms with Crippen LogP contribution in [-0.4, -0.2) is 23.8 Å². The van der Waals surface area contributed by atoms with Crippen LogP contribution >= 0.6 is 0 Å². The zero-order valence-electron chi connectivity index (χ0n) is 7.69. The van der Waals surface area contributed by atoms with Gasteiger partial charge < -0.3 is 14.6 Å². The Labute approximate surface area is 81.1 Å². The molecule has 0 spiro atoms. The number of Topliss-reactive ketones (excluding diaryl/α,β-unsaturated/α-hetero) is 1. The Kier molecular flexibility index (Phi) is 2.13. The Balaban J connectivity index is 2.33. The van der Waals surface area contributed by atoms with Crippen molar-refractivity contribution in [3.63, 3.8) is 0 Å². The molecule has 4 nitrogen and oxygen atoms in total. The zero-order chi connectivity index (χ0) is 10.1. The fourth-order valence-electron chi connectivity index (χ4n) is 1.29. The number of hydrogen-bond acceptors (Lipinski definition) is 4. The molecule has 1 atom stereocenters. The van der Waals surface area contributed by atoms with Crippen molar-refractivity contribution in [2.45, 2.75) is 13.0 Å². The van der Waals surface area contributed by atoms with Crippen LogP contribution in [0.25, 0.3) is 0 Å². The quantitative estimate of drug-likeness (QED) is 0.713. The van der Waals surface area contributed by atoms with Crippen molar-refractivity contribution in [2.24, 2.45) is 0 Å². The molecule has 14 heavy (non-hydrogen) atoms. The van der Waals surface area contributed by atoms with Crippen molar-refractivity contribution >= 4 is 5.78 Å². The number of aliphatic hydroxyl groups excluding tert-OH is 1. The number of benzene rings is 1. The largest absolute Gasteiger partial charge is 0.454 e. The standard InChI is InChI=1S/C10H10O4/c1-6(11)10(12)7-2-3-8-9(4-7)14-5-13-8/h2-4,6,11H,5H2,1H3. The number of ketones is 1. The molecule has 4 heteroatoms. The predicted molar refractivity (Wildman–Crippen MR) is 48.6 cm³/mol. The van der Waals surface area contributed by atoms with Gasteiger partial charge in [0.15, 0.2) is 17.3 Å². The van der Waals surface area contributed by atoms with Gasteiger partial charge in [-0.25, -0.2) is 0 Å². The first-order valence-electron chi connectivity index (χ1n) is 4.30. The lowest BCUT2D eigenvalue weighted by Gasteiger charge is -2.03. The van der Waals surface area contributed by atoms with Crippen LogP contribution in [0.4, 0.5) is 0 Å². The van der Waals surface area contributed by atoms with Crippen molar-refractivity contribution in [2.75, 3.05) is 6.79 Å². The number of rotatable bonds is 2. The summed E-state index contributed by atoms with van der Waals surface area (Å²) in [6.45, 7) is 1.62. The molecule has 74 valence electrons. The Bertz CT molecular complexity index is 370. The highest BCUT2D eigenvalue weighted by Gasteiger charge is 2.18. The van der Waals surface area contributed by atoms with Gasteiger partial charge >= 0.3 is 0 Å². The first kappa shape index (κ1) is 9.02. The Hall–Kier alpha value is -1.55. The number of carbonyl (C=O) groups excluding carboxylic acids is 1. The molecule has 1 aliphatic heterocycles. The maximum Gasteiger partial charge on any atom is 0.231 e. The SMILES string of the molecule is CC(O)C(=O)c1ccc2c(c1)OCO2. The number of carbonyl (C=O) groups is 1. The van der Waals surface area contributed by atoms with Gasteiger partial charge in [-0.15, -0.1) is 0 Å². The van der Waals surface area contributed by atoms with Gasteiger partial charge in [0.1, 0.15) is 6.10 Å². The molecule has 2 rings (SSSR count). The van der Waals surface area contributed by atoms with Crippen LogP contribution in [0.2, 0.25) is 0 Å². The van der Waals surface area contributed by atoms with Gasteiger partial charge in [0.2, 0.25) is 6.79 Å². The number of ether oxygens (including phenoxy) is 2. The van der Waals surface area contributed by atoms with Crippen molar-refractivity contribution in [1.29, 1.82) is 0 Å². The molecule has 0 radical (unpaired) electrons. The predicted octanol–water partition coefficient (Wildman–Crippen LogP) is 0.979. The number of aliphatic hydroxyl groups is 1. The van der Waals surface area contributed by atoms with E-state index in [1.165, 1.54) is 6.92 Å². The van der Waals surface area contributed by atoms with E-state index in [2.05, 4.69) is 0 Å². The van der Waals surface area contributed by atoms with Gasteiger partial charge in [-0.1, -0.05) is 0 Å². The van der Waals surface area contributed by atoms with E-state index in [0.29, 0.717) is 17.1 Å². The Morgan fingerprint density at radius 1 is 1.43 bits per heavy atom. The molecule has 0 aliphatic carbocycles. The summed E-state index contributed by atoms with van der Waals surface area (Å²) in [5.41, 5.74) is 0.434. The third kappa shape index (κ3) is 1.44. The first-order chi connectivity index (χ1) is 6.68. The molecule has 1 aromatic rings. The van der Waals surface area contributed by atoms with E-state index >= 15 is 0 Å². The maximum absolute atomic E-state index is 11.4. The van der Waals surface area contributed by atoms with E-state index < -0.39 is 6.10 Å². The monoisotopic (exact) mass is 194 g/mol. The lowest BCUT2D eigenvalue weighted by molar-refractivity contribution is 0.0779. The van der Waals surface area contributed by atoms with Crippen LogP contribution in [0.15, 0.2) is 18.2 Å². The lowest BCUT2D eigenvalue weighted by atomic mass is 10.1. The van der Waals surface area contributed by atoms with Gasteiger partial charge in [-0.2, -0.15) is 0 Å². The molecule has 1 N–H and O–H groups in total. The molecule has 1 unspecified atom stereocenters. The van der Waals surface area contributed by atoms with E-state index in [-0.39, 0.29) is 12.6 Å². The van der Waals surface area contributed by atoms with E-state index in [0.717, 1.165) is 0 Å². The van der Waals surface area contributed by atoms with E-state index in [1.54, 1.807) is 18.2 Å². The summed E-state index contributed by atoms with van der Waals surface area (Å²) >= 11 is 0. The first-order valence-corrected chi connectivity index (χ1v) is 4.30. The van der Waals surface area contributed by atoms with E-state index in [4.69, 9.17) is 14.6 Å². The topological polar surface area (TPSA) is 55.8 Å². The van der Waals surface area contributed by atoms with Crippen molar-refractivity contribution in [3.8, 4) is 11.5 Å². The van der Waals surface area contributed by atoms with E-state index in [9.17, 15) is 4.79 Å². The molecular weight excluding hydrogens is 184 g/mol. The van der Waals surface area contributed by atoms with Crippen LogP contribution in [-0.2, 0) is 0 Å². The molecular formula is C10H10O4. The average molecular weight is 194 g/mol. The molecule has 1 aromatic carbocycles. The second kappa shape index (κ2) is 3.31. The van der Waals surface area contributed by atoms with Gasteiger partial charge in [-0.3, -0.25) is 4.79 Å². The third-order valence-electron chi connectivity index (χ3n) is 2.04. The normalized spacial score (nSPS) is 15.3. The molecule has 0 saturated carbocycles. The fourth-order valence-corrected chi connectivity index (χ4v) is 1.29. The Morgan fingerprint density at radius 3 is 2.86 bits per heavy atom. The highest BCUT2D eigenvalue weighted by atomic mass is 16.7. The van der Waals surface area contributed by atoms with Gasteiger partial charge in [0.05, 0.1) is 0 Å². The minimum atomic E-state index is -0.990. The minimum Gasteiger partial charge on any atom is -0.454 e. The van der Waals surface area contributed by atoms with E-state index in [1.807, 2.05) is 0 Å². The second-order valence-corrected chi connectivity index (χ2v) is 3.11. The maximum atomic E-state index is 11.4. The summed E-state index contributed by atoms with van der Waals surface area (Å²) < 4.78 is 10.2. The van der Waals surface area contributed by atoms with Gasteiger partial charge in [0.25, 0.3) is 0 Å². The van der Waals surface area contributed by atoms with Gasteiger partial charge in [0, 0.05) is 5.56 Å². The third-order valence-corrected chi connectivity index (χ3v) is 2.04. The van der Waals surface area contributed by atoms with Crippen molar-refractivity contribution < 1.29 is 19.4 Å². The molecule has 0 saturated heterocycles. The summed E-state index contributed by atoms with van der Waals surface area (Å²) in [6.07, 6.45) is -0.990. The highest BCUT2D eigenvalue weighted by molar-refractivity contribution is 5.99.